The Bertz CT molecular complexity index is 2760. The predicted octanol–water partition coefficient (Wildman–Crippen LogP) is 11.0. The van der Waals surface area contributed by atoms with Gasteiger partial charge in [-0.3, -0.25) is 0 Å². The zero-order valence-electron chi connectivity index (χ0n) is 25.8. The lowest BCUT2D eigenvalue weighted by molar-refractivity contribution is 1.18. The lowest BCUT2D eigenvalue weighted by Gasteiger charge is -2.16. The Morgan fingerprint density at radius 3 is 1.67 bits per heavy atom. The van der Waals surface area contributed by atoms with E-state index in [0.29, 0.717) is 11.1 Å². The van der Waals surface area contributed by atoms with Crippen molar-refractivity contribution < 1.29 is 0 Å². The summed E-state index contributed by atoms with van der Waals surface area (Å²) < 4.78 is 4.50. The molecule has 0 aliphatic rings. The molecule has 0 saturated heterocycles. The first-order chi connectivity index (χ1) is 23.7. The summed E-state index contributed by atoms with van der Waals surface area (Å²) in [7, 11) is 0. The Balaban J connectivity index is 1.25. The third-order valence-corrected chi connectivity index (χ3v) is 9.41. The average Bonchev–Trinajstić information content (AvgIpc) is 3.68. The van der Waals surface area contributed by atoms with Gasteiger partial charge < -0.3 is 9.13 Å². The molecule has 7 aromatic carbocycles. The van der Waals surface area contributed by atoms with Gasteiger partial charge in [0.05, 0.1) is 45.0 Å². The van der Waals surface area contributed by atoms with Crippen LogP contribution >= 0.6 is 0 Å². The van der Waals surface area contributed by atoms with Gasteiger partial charge in [0.15, 0.2) is 0 Å². The zero-order chi connectivity index (χ0) is 32.2. The molecule has 0 fully saturated rings. The van der Waals surface area contributed by atoms with E-state index in [1.165, 1.54) is 10.8 Å². The molecule has 2 heterocycles. The van der Waals surface area contributed by atoms with Crippen LogP contribution in [0.3, 0.4) is 0 Å². The number of rotatable bonds is 4. The van der Waals surface area contributed by atoms with E-state index in [1.54, 1.807) is 0 Å². The monoisotopic (exact) mass is 610 g/mol. The molecule has 0 aliphatic heterocycles. The van der Waals surface area contributed by atoms with Crippen LogP contribution in [0.1, 0.15) is 11.1 Å². The second-order valence-electron chi connectivity index (χ2n) is 12.0. The average molecular weight is 611 g/mol. The summed E-state index contributed by atoms with van der Waals surface area (Å²) in [6.45, 7) is 0. The first kappa shape index (κ1) is 27.4. The van der Waals surface area contributed by atoms with Gasteiger partial charge in [-0.1, -0.05) is 103 Å². The summed E-state index contributed by atoms with van der Waals surface area (Å²) >= 11 is 0. The van der Waals surface area contributed by atoms with Crippen molar-refractivity contribution in [2.75, 3.05) is 0 Å². The van der Waals surface area contributed by atoms with E-state index < -0.39 is 0 Å². The van der Waals surface area contributed by atoms with E-state index in [1.807, 2.05) is 48.5 Å². The van der Waals surface area contributed by atoms with Gasteiger partial charge in [-0.05, 0) is 65.7 Å². The Labute approximate surface area is 277 Å². The van der Waals surface area contributed by atoms with E-state index in [9.17, 15) is 10.5 Å². The fraction of sp³-hybridized carbons (Fsp3) is 0. The SMILES string of the molecule is N#Cc1ccc(-c2cccc(-n3c4ccccc4c4ccccc43)c2)cc1-c1ccccc1-n1c2ccccc2c2cccc(C#N)c21. The number of para-hydroxylation sites is 5. The van der Waals surface area contributed by atoms with Gasteiger partial charge >= 0.3 is 0 Å². The number of fused-ring (bicyclic) bond motifs is 6. The molecule has 4 heteroatoms. The number of hydrogen-bond acceptors (Lipinski definition) is 2. The molecule has 9 rings (SSSR count). The molecule has 0 N–H and O–H groups in total. The number of benzene rings is 7. The van der Waals surface area contributed by atoms with Crippen molar-refractivity contribution in [3.63, 3.8) is 0 Å². The summed E-state index contributed by atoms with van der Waals surface area (Å²) in [4.78, 5) is 0. The van der Waals surface area contributed by atoms with Crippen LogP contribution in [-0.4, -0.2) is 9.13 Å². The van der Waals surface area contributed by atoms with Crippen molar-refractivity contribution >= 4 is 43.6 Å². The fourth-order valence-electron chi connectivity index (χ4n) is 7.32. The van der Waals surface area contributed by atoms with E-state index >= 15 is 0 Å². The molecular weight excluding hydrogens is 585 g/mol. The molecule has 0 spiro atoms. The van der Waals surface area contributed by atoms with Crippen LogP contribution in [0.4, 0.5) is 0 Å². The number of nitrogens with zero attached hydrogens (tertiary/aromatic N) is 4. The maximum Gasteiger partial charge on any atom is 0.101 e. The van der Waals surface area contributed by atoms with E-state index in [2.05, 4.69) is 130 Å². The predicted molar refractivity (Wildman–Crippen MR) is 195 cm³/mol. The number of nitriles is 2. The number of aromatic nitrogens is 2. The van der Waals surface area contributed by atoms with Crippen molar-refractivity contribution in [3.05, 3.63) is 169 Å². The lowest BCUT2D eigenvalue weighted by Crippen LogP contribution is -1.99. The zero-order valence-corrected chi connectivity index (χ0v) is 25.8. The minimum atomic E-state index is 0.589. The Kier molecular flexibility index (Phi) is 6.22. The number of hydrogen-bond donors (Lipinski definition) is 0. The summed E-state index contributed by atoms with van der Waals surface area (Å²) in [6, 6.07) is 58.9. The van der Waals surface area contributed by atoms with Gasteiger partial charge in [0.2, 0.25) is 0 Å². The van der Waals surface area contributed by atoms with Crippen molar-refractivity contribution in [2.45, 2.75) is 0 Å². The van der Waals surface area contributed by atoms with Gasteiger partial charge in [0.1, 0.15) is 6.07 Å². The third kappa shape index (κ3) is 4.07. The van der Waals surface area contributed by atoms with Crippen molar-refractivity contribution in [3.8, 4) is 45.8 Å². The highest BCUT2D eigenvalue weighted by atomic mass is 15.0. The van der Waals surface area contributed by atoms with Crippen LogP contribution in [0.15, 0.2) is 158 Å². The minimum absolute atomic E-state index is 0.589. The molecule has 222 valence electrons. The van der Waals surface area contributed by atoms with Gasteiger partial charge in [-0.2, -0.15) is 10.5 Å². The van der Waals surface area contributed by atoms with Crippen LogP contribution in [0.25, 0.3) is 77.2 Å². The van der Waals surface area contributed by atoms with Crippen LogP contribution in [0, 0.1) is 22.7 Å². The summed E-state index contributed by atoms with van der Waals surface area (Å²) in [5.41, 5.74) is 11.2. The molecule has 0 radical (unpaired) electrons. The summed E-state index contributed by atoms with van der Waals surface area (Å²) in [5.74, 6) is 0. The van der Waals surface area contributed by atoms with E-state index in [-0.39, 0.29) is 0 Å². The highest BCUT2D eigenvalue weighted by Crippen LogP contribution is 2.40. The Morgan fingerprint density at radius 2 is 0.958 bits per heavy atom. The standard InChI is InChI=1S/C44H26N4/c45-27-31-24-23-30(29-11-9-13-33(25-29)47-40-19-5-1-14-34(40)35-15-2-6-20-41(35)47)26-39(31)37-17-4-8-22-43(37)48-42-21-7-3-16-36(42)38-18-10-12-32(28-46)44(38)48/h1-26H. The Morgan fingerprint density at radius 1 is 0.396 bits per heavy atom. The minimum Gasteiger partial charge on any atom is -0.309 e. The highest BCUT2D eigenvalue weighted by Gasteiger charge is 2.20. The molecule has 0 amide bonds. The van der Waals surface area contributed by atoms with Gasteiger partial charge in [-0.25, -0.2) is 0 Å². The van der Waals surface area contributed by atoms with Gasteiger partial charge in [0, 0.05) is 38.4 Å². The molecule has 0 bridgehead atoms. The largest absolute Gasteiger partial charge is 0.309 e. The van der Waals surface area contributed by atoms with Crippen LogP contribution in [-0.2, 0) is 0 Å². The van der Waals surface area contributed by atoms with Crippen molar-refractivity contribution in [2.24, 2.45) is 0 Å². The second-order valence-corrected chi connectivity index (χ2v) is 12.0. The molecule has 0 unspecified atom stereocenters. The summed E-state index contributed by atoms with van der Waals surface area (Å²) in [6.07, 6.45) is 0. The lowest BCUT2D eigenvalue weighted by atomic mass is 9.93. The first-order valence-electron chi connectivity index (χ1n) is 15.9. The van der Waals surface area contributed by atoms with Crippen LogP contribution in [0.2, 0.25) is 0 Å². The van der Waals surface area contributed by atoms with Crippen LogP contribution in [0.5, 0.6) is 0 Å². The fourth-order valence-corrected chi connectivity index (χ4v) is 7.32. The Hall–Kier alpha value is -6.88. The molecule has 0 saturated carbocycles. The van der Waals surface area contributed by atoms with E-state index in [0.717, 1.165) is 66.5 Å². The molecule has 4 nitrogen and oxygen atoms in total. The van der Waals surface area contributed by atoms with Crippen molar-refractivity contribution in [1.29, 1.82) is 10.5 Å². The second kappa shape index (κ2) is 10.9. The third-order valence-electron chi connectivity index (χ3n) is 9.41. The first-order valence-corrected chi connectivity index (χ1v) is 15.9. The maximum absolute atomic E-state index is 10.4. The summed E-state index contributed by atoms with van der Waals surface area (Å²) in [5, 5.41) is 25.1. The van der Waals surface area contributed by atoms with Crippen LogP contribution < -0.4 is 0 Å². The molecule has 0 atom stereocenters. The topological polar surface area (TPSA) is 57.4 Å². The van der Waals surface area contributed by atoms with Gasteiger partial charge in [-0.15, -0.1) is 0 Å². The normalized spacial score (nSPS) is 11.3. The molecular formula is C44H26N4. The molecule has 2 aromatic heterocycles. The smallest absolute Gasteiger partial charge is 0.101 e. The van der Waals surface area contributed by atoms with E-state index in [4.69, 9.17) is 0 Å². The maximum atomic E-state index is 10.4. The molecule has 48 heavy (non-hydrogen) atoms. The highest BCUT2D eigenvalue weighted by molar-refractivity contribution is 6.12. The van der Waals surface area contributed by atoms with Gasteiger partial charge in [0.25, 0.3) is 0 Å². The quantitative estimate of drug-likeness (QED) is 0.199. The van der Waals surface area contributed by atoms with Crippen molar-refractivity contribution in [1.82, 2.24) is 9.13 Å². The molecule has 0 aliphatic carbocycles. The molecule has 9 aromatic rings.